The molecule has 1 aromatic carbocycles. The molecule has 1 heteroatoms. The minimum Gasteiger partial charge on any atom is -0.388 e. The average molecular weight is 248 g/mol. The fourth-order valence-corrected chi connectivity index (χ4v) is 2.66. The highest BCUT2D eigenvalue weighted by atomic mass is 16.3. The Morgan fingerprint density at radius 1 is 0.833 bits per heavy atom. The molecule has 1 N–H and O–H groups in total. The number of hydrogen-bond acceptors (Lipinski definition) is 1. The molecule has 0 aliphatic carbocycles. The lowest BCUT2D eigenvalue weighted by Crippen LogP contribution is -2.54. The molecular formula is C17H28O. The van der Waals surface area contributed by atoms with Crippen molar-refractivity contribution in [1.82, 2.24) is 0 Å². The van der Waals surface area contributed by atoms with Crippen molar-refractivity contribution < 1.29 is 5.11 Å². The van der Waals surface area contributed by atoms with Gasteiger partial charge in [-0.3, -0.25) is 0 Å². The predicted molar refractivity (Wildman–Crippen MR) is 78.7 cm³/mol. The first kappa shape index (κ1) is 15.2. The molecule has 0 spiro atoms. The van der Waals surface area contributed by atoms with E-state index in [1.165, 1.54) is 11.1 Å². The minimum absolute atomic E-state index is 0.157. The molecule has 0 heterocycles. The van der Waals surface area contributed by atoms with Gasteiger partial charge in [0.2, 0.25) is 0 Å². The quantitative estimate of drug-likeness (QED) is 0.824. The first-order chi connectivity index (χ1) is 7.97. The molecule has 1 nitrogen and oxygen atoms in total. The summed E-state index contributed by atoms with van der Waals surface area (Å²) in [6, 6.07) is 8.47. The summed E-state index contributed by atoms with van der Waals surface area (Å²) in [7, 11) is 0. The van der Waals surface area contributed by atoms with Gasteiger partial charge in [0.05, 0.1) is 5.60 Å². The number of hydrogen-bond donors (Lipinski definition) is 1. The average Bonchev–Trinajstić information content (AvgIpc) is 2.18. The van der Waals surface area contributed by atoms with Crippen LogP contribution in [-0.2, 0) is 6.42 Å². The lowest BCUT2D eigenvalue weighted by Gasteiger charge is -2.50. The van der Waals surface area contributed by atoms with Gasteiger partial charge in [-0.25, -0.2) is 0 Å². The fraction of sp³-hybridized carbons (Fsp3) is 0.647. The van der Waals surface area contributed by atoms with Gasteiger partial charge in [-0.05, 0) is 23.3 Å². The van der Waals surface area contributed by atoms with Gasteiger partial charge >= 0.3 is 0 Å². The monoisotopic (exact) mass is 248 g/mol. The molecule has 0 saturated heterocycles. The number of aryl methyl sites for hydroxylation is 1. The molecule has 0 bridgehead atoms. The molecule has 1 aromatic rings. The fourth-order valence-electron chi connectivity index (χ4n) is 2.66. The molecule has 0 aliphatic rings. The third kappa shape index (κ3) is 2.95. The molecule has 102 valence electrons. The van der Waals surface area contributed by atoms with Crippen LogP contribution in [0.15, 0.2) is 24.3 Å². The van der Waals surface area contributed by atoms with Crippen LogP contribution in [0.3, 0.4) is 0 Å². The van der Waals surface area contributed by atoms with E-state index < -0.39 is 5.60 Å². The van der Waals surface area contributed by atoms with Crippen molar-refractivity contribution in [3.8, 4) is 0 Å². The van der Waals surface area contributed by atoms with Crippen LogP contribution in [0.25, 0.3) is 0 Å². The zero-order valence-electron chi connectivity index (χ0n) is 13.0. The van der Waals surface area contributed by atoms with Crippen molar-refractivity contribution in [2.45, 2.75) is 60.5 Å². The molecule has 0 saturated carbocycles. The predicted octanol–water partition coefficient (Wildman–Crippen LogP) is 4.36. The Morgan fingerprint density at radius 2 is 1.22 bits per heavy atom. The van der Waals surface area contributed by atoms with E-state index in [-0.39, 0.29) is 10.8 Å². The van der Waals surface area contributed by atoms with Crippen molar-refractivity contribution in [3.63, 3.8) is 0 Å². The normalized spacial score (nSPS) is 13.8. The first-order valence-corrected chi connectivity index (χ1v) is 6.75. The number of aliphatic hydroxyl groups is 1. The maximum atomic E-state index is 11.2. The van der Waals surface area contributed by atoms with Gasteiger partial charge in [-0.2, -0.15) is 0 Å². The van der Waals surface area contributed by atoms with E-state index in [9.17, 15) is 5.11 Å². The van der Waals surface area contributed by atoms with E-state index in [1.807, 2.05) is 0 Å². The molecular weight excluding hydrogens is 220 g/mol. The van der Waals surface area contributed by atoms with E-state index >= 15 is 0 Å². The Kier molecular flexibility index (Phi) is 3.97. The molecule has 0 unspecified atom stereocenters. The van der Waals surface area contributed by atoms with Crippen LogP contribution in [0.4, 0.5) is 0 Å². The van der Waals surface area contributed by atoms with Crippen molar-refractivity contribution in [1.29, 1.82) is 0 Å². The van der Waals surface area contributed by atoms with Crippen molar-refractivity contribution >= 4 is 0 Å². The molecule has 0 fully saturated rings. The zero-order valence-corrected chi connectivity index (χ0v) is 13.0. The van der Waals surface area contributed by atoms with Crippen LogP contribution in [-0.4, -0.2) is 10.7 Å². The van der Waals surface area contributed by atoms with Gasteiger partial charge in [0.25, 0.3) is 0 Å². The molecule has 0 aliphatic heterocycles. The van der Waals surface area contributed by atoms with Gasteiger partial charge in [0, 0.05) is 6.42 Å². The van der Waals surface area contributed by atoms with Gasteiger partial charge in [0.15, 0.2) is 0 Å². The van der Waals surface area contributed by atoms with E-state index in [4.69, 9.17) is 0 Å². The van der Waals surface area contributed by atoms with Gasteiger partial charge < -0.3 is 5.11 Å². The largest absolute Gasteiger partial charge is 0.388 e. The molecule has 18 heavy (non-hydrogen) atoms. The van der Waals surface area contributed by atoms with Crippen LogP contribution in [0.1, 0.15) is 52.7 Å². The van der Waals surface area contributed by atoms with E-state index in [2.05, 4.69) is 72.7 Å². The van der Waals surface area contributed by atoms with Gasteiger partial charge in [-0.15, -0.1) is 0 Å². The third-order valence-electron chi connectivity index (χ3n) is 4.06. The lowest BCUT2D eigenvalue weighted by atomic mass is 9.60. The molecule has 0 amide bonds. The second-order valence-corrected chi connectivity index (χ2v) is 7.52. The molecule has 0 radical (unpaired) electrons. The van der Waals surface area contributed by atoms with Crippen LogP contribution >= 0.6 is 0 Å². The lowest BCUT2D eigenvalue weighted by molar-refractivity contribution is -0.136. The molecule has 1 rings (SSSR count). The minimum atomic E-state index is -0.727. The maximum absolute atomic E-state index is 11.2. The summed E-state index contributed by atoms with van der Waals surface area (Å²) in [5.74, 6) is 0. The second-order valence-electron chi connectivity index (χ2n) is 7.52. The Morgan fingerprint density at radius 3 is 1.56 bits per heavy atom. The number of benzene rings is 1. The maximum Gasteiger partial charge on any atom is 0.0783 e. The Labute approximate surface area is 112 Å². The second kappa shape index (κ2) is 4.70. The topological polar surface area (TPSA) is 20.2 Å². The zero-order chi connectivity index (χ0) is 14.2. The van der Waals surface area contributed by atoms with Crippen LogP contribution in [0.2, 0.25) is 0 Å². The van der Waals surface area contributed by atoms with Crippen LogP contribution in [0, 0.1) is 17.8 Å². The summed E-state index contributed by atoms with van der Waals surface area (Å²) >= 11 is 0. The van der Waals surface area contributed by atoms with E-state index in [0.717, 1.165) is 0 Å². The Balaban J connectivity index is 3.12. The van der Waals surface area contributed by atoms with E-state index in [1.54, 1.807) is 0 Å². The smallest absolute Gasteiger partial charge is 0.0783 e. The summed E-state index contributed by atoms with van der Waals surface area (Å²) in [6.45, 7) is 14.8. The summed E-state index contributed by atoms with van der Waals surface area (Å²) in [6.07, 6.45) is 0.695. The highest BCUT2D eigenvalue weighted by Crippen LogP contribution is 2.45. The SMILES string of the molecule is Cc1ccc(CC(O)(C(C)(C)C)C(C)(C)C)cc1. The Hall–Kier alpha value is -0.820. The standard InChI is InChI=1S/C17H28O/c1-13-8-10-14(11-9-13)12-17(18,15(2,3)4)16(5,6)7/h8-11,18H,12H2,1-7H3. The molecule has 0 atom stereocenters. The van der Waals surface area contributed by atoms with Gasteiger partial charge in [0.1, 0.15) is 0 Å². The highest BCUT2D eigenvalue weighted by Gasteiger charge is 2.48. The third-order valence-corrected chi connectivity index (χ3v) is 4.06. The number of rotatable bonds is 2. The van der Waals surface area contributed by atoms with Crippen LogP contribution < -0.4 is 0 Å². The van der Waals surface area contributed by atoms with Crippen molar-refractivity contribution in [2.24, 2.45) is 10.8 Å². The van der Waals surface area contributed by atoms with Crippen molar-refractivity contribution in [2.75, 3.05) is 0 Å². The first-order valence-electron chi connectivity index (χ1n) is 6.75. The summed E-state index contributed by atoms with van der Waals surface area (Å²) in [4.78, 5) is 0. The van der Waals surface area contributed by atoms with Gasteiger partial charge in [-0.1, -0.05) is 71.4 Å². The summed E-state index contributed by atoms with van der Waals surface area (Å²) < 4.78 is 0. The van der Waals surface area contributed by atoms with Crippen LogP contribution in [0.5, 0.6) is 0 Å². The Bertz CT molecular complexity index is 373. The van der Waals surface area contributed by atoms with E-state index in [0.29, 0.717) is 6.42 Å². The molecule has 0 aromatic heterocycles. The summed E-state index contributed by atoms with van der Waals surface area (Å²) in [5, 5.41) is 11.2. The highest BCUT2D eigenvalue weighted by molar-refractivity contribution is 5.24. The summed E-state index contributed by atoms with van der Waals surface area (Å²) in [5.41, 5.74) is 1.42. The van der Waals surface area contributed by atoms with Crippen molar-refractivity contribution in [3.05, 3.63) is 35.4 Å².